The molecule has 1 amide bonds. The summed E-state index contributed by atoms with van der Waals surface area (Å²) in [5, 5.41) is 2.87. The van der Waals surface area contributed by atoms with E-state index >= 15 is 0 Å². The molecule has 0 spiro atoms. The maximum atomic E-state index is 12.8. The van der Waals surface area contributed by atoms with Crippen LogP contribution in [0.3, 0.4) is 0 Å². The van der Waals surface area contributed by atoms with Crippen LogP contribution in [-0.4, -0.2) is 59.2 Å². The van der Waals surface area contributed by atoms with Crippen LogP contribution in [0.4, 0.5) is 18.9 Å². The Morgan fingerprint density at radius 1 is 1.19 bits per heavy atom. The zero-order valence-corrected chi connectivity index (χ0v) is 18.9. The van der Waals surface area contributed by atoms with Crippen LogP contribution in [0.1, 0.15) is 16.8 Å². The van der Waals surface area contributed by atoms with Gasteiger partial charge in [0.05, 0.1) is 24.2 Å². The number of ether oxygens (including phenoxy) is 1. The van der Waals surface area contributed by atoms with Gasteiger partial charge in [0, 0.05) is 17.1 Å². The smallest absolute Gasteiger partial charge is 0.401 e. The maximum absolute atomic E-state index is 12.8. The number of hydrogen-bond acceptors (Lipinski definition) is 5. The standard InChI is InChI=1S/C20H23ClF3N3O4S/c1-27(13-20(22,23)24)10-4-9-25-19(28)14-5-3-6-16(11-14)32(29,30)26-17-12-15(21)7-8-18(17)31-2/h3,5-8,11-12,26H,4,9-10,13H2,1-2H3,(H,25,28). The Balaban J connectivity index is 2.02. The molecule has 0 atom stereocenters. The molecular weight excluding hydrogens is 471 g/mol. The number of halogens is 4. The van der Waals surface area contributed by atoms with Gasteiger partial charge < -0.3 is 10.1 Å². The quantitative estimate of drug-likeness (QED) is 0.492. The van der Waals surface area contributed by atoms with Gasteiger partial charge in [-0.15, -0.1) is 0 Å². The third-order valence-electron chi connectivity index (χ3n) is 4.26. The number of benzene rings is 2. The van der Waals surface area contributed by atoms with Crippen molar-refractivity contribution in [2.24, 2.45) is 0 Å². The predicted molar refractivity (Wildman–Crippen MR) is 116 cm³/mol. The van der Waals surface area contributed by atoms with Crippen molar-refractivity contribution in [3.8, 4) is 5.75 Å². The predicted octanol–water partition coefficient (Wildman–Crippen LogP) is 3.76. The molecular formula is C20H23ClF3N3O4S. The van der Waals surface area contributed by atoms with Gasteiger partial charge in [-0.2, -0.15) is 13.2 Å². The lowest BCUT2D eigenvalue weighted by molar-refractivity contribution is -0.143. The van der Waals surface area contributed by atoms with E-state index in [-0.39, 0.29) is 35.0 Å². The van der Waals surface area contributed by atoms with Crippen LogP contribution in [0.25, 0.3) is 0 Å². The number of rotatable bonds is 10. The molecule has 2 aromatic carbocycles. The van der Waals surface area contributed by atoms with Crippen molar-refractivity contribution in [2.75, 3.05) is 38.5 Å². The lowest BCUT2D eigenvalue weighted by atomic mass is 10.2. The molecule has 0 saturated carbocycles. The number of sulfonamides is 1. The normalized spacial score (nSPS) is 12.0. The van der Waals surface area contributed by atoms with Crippen LogP contribution >= 0.6 is 11.6 Å². The van der Waals surface area contributed by atoms with E-state index in [1.165, 1.54) is 50.6 Å². The summed E-state index contributed by atoms with van der Waals surface area (Å²) < 4.78 is 70.0. The second-order valence-corrected chi connectivity index (χ2v) is 9.06. The monoisotopic (exact) mass is 493 g/mol. The minimum atomic E-state index is -4.28. The number of nitrogens with zero attached hydrogens (tertiary/aromatic N) is 1. The molecule has 2 aromatic rings. The van der Waals surface area contributed by atoms with Crippen LogP contribution < -0.4 is 14.8 Å². The van der Waals surface area contributed by atoms with Gasteiger partial charge in [0.25, 0.3) is 15.9 Å². The Morgan fingerprint density at radius 3 is 2.56 bits per heavy atom. The third kappa shape index (κ3) is 7.88. The highest BCUT2D eigenvalue weighted by atomic mass is 35.5. The summed E-state index contributed by atoms with van der Waals surface area (Å²) in [6.45, 7) is -0.763. The number of anilines is 1. The zero-order chi connectivity index (χ0) is 23.9. The van der Waals surface area contributed by atoms with Gasteiger partial charge in [-0.05, 0) is 56.4 Å². The number of carbonyl (C=O) groups excluding carboxylic acids is 1. The molecule has 0 fully saturated rings. The molecule has 176 valence electrons. The molecule has 2 N–H and O–H groups in total. The first-order chi connectivity index (χ1) is 14.9. The van der Waals surface area contributed by atoms with Gasteiger partial charge in [-0.1, -0.05) is 17.7 Å². The highest BCUT2D eigenvalue weighted by molar-refractivity contribution is 7.92. The van der Waals surface area contributed by atoms with Crippen LogP contribution in [-0.2, 0) is 10.0 Å². The summed E-state index contributed by atoms with van der Waals surface area (Å²) in [6.07, 6.45) is -3.99. The van der Waals surface area contributed by atoms with Crippen molar-refractivity contribution < 1.29 is 31.1 Å². The molecule has 0 bridgehead atoms. The van der Waals surface area contributed by atoms with E-state index in [4.69, 9.17) is 16.3 Å². The summed E-state index contributed by atoms with van der Waals surface area (Å²) in [4.78, 5) is 13.3. The molecule has 12 heteroatoms. The number of methoxy groups -OCH3 is 1. The van der Waals surface area contributed by atoms with Crippen molar-refractivity contribution in [3.05, 3.63) is 53.1 Å². The Kier molecular flexibility index (Phi) is 8.76. The Labute approximate surface area is 189 Å². The van der Waals surface area contributed by atoms with Crippen LogP contribution in [0.2, 0.25) is 5.02 Å². The molecule has 0 aromatic heterocycles. The van der Waals surface area contributed by atoms with E-state index in [2.05, 4.69) is 10.0 Å². The summed E-state index contributed by atoms with van der Waals surface area (Å²) in [6, 6.07) is 9.82. The fraction of sp³-hybridized carbons (Fsp3) is 0.350. The number of amides is 1. The van der Waals surface area contributed by atoms with E-state index in [9.17, 15) is 26.4 Å². The highest BCUT2D eigenvalue weighted by Crippen LogP contribution is 2.30. The van der Waals surface area contributed by atoms with Gasteiger partial charge in [-0.3, -0.25) is 14.4 Å². The van der Waals surface area contributed by atoms with Gasteiger partial charge in [-0.25, -0.2) is 8.42 Å². The highest BCUT2D eigenvalue weighted by Gasteiger charge is 2.28. The number of alkyl halides is 3. The van der Waals surface area contributed by atoms with Crippen molar-refractivity contribution in [3.63, 3.8) is 0 Å². The fourth-order valence-corrected chi connectivity index (χ4v) is 4.09. The van der Waals surface area contributed by atoms with E-state index in [0.29, 0.717) is 11.4 Å². The summed E-state index contributed by atoms with van der Waals surface area (Å²) >= 11 is 5.92. The Morgan fingerprint density at radius 2 is 1.91 bits per heavy atom. The van der Waals surface area contributed by atoms with Crippen molar-refractivity contribution in [1.82, 2.24) is 10.2 Å². The summed E-state index contributed by atoms with van der Waals surface area (Å²) in [7, 11) is -1.33. The molecule has 7 nitrogen and oxygen atoms in total. The van der Waals surface area contributed by atoms with E-state index in [0.717, 1.165) is 4.90 Å². The summed E-state index contributed by atoms with van der Waals surface area (Å²) in [5.74, 6) is -0.275. The molecule has 2 rings (SSSR count). The average Bonchev–Trinajstić information content (AvgIpc) is 2.70. The van der Waals surface area contributed by atoms with Gasteiger partial charge in [0.1, 0.15) is 5.75 Å². The Hall–Kier alpha value is -2.50. The molecule has 0 heterocycles. The third-order valence-corrected chi connectivity index (χ3v) is 5.86. The number of hydrogen-bond donors (Lipinski definition) is 2. The number of carbonyl (C=O) groups is 1. The second-order valence-electron chi connectivity index (χ2n) is 6.94. The van der Waals surface area contributed by atoms with Crippen LogP contribution in [0.15, 0.2) is 47.4 Å². The SMILES string of the molecule is COc1ccc(Cl)cc1NS(=O)(=O)c1cccc(C(=O)NCCCN(C)CC(F)(F)F)c1. The average molecular weight is 494 g/mol. The topological polar surface area (TPSA) is 87.7 Å². The number of nitrogens with one attached hydrogen (secondary N) is 2. The lowest BCUT2D eigenvalue weighted by Gasteiger charge is -2.18. The van der Waals surface area contributed by atoms with Crippen molar-refractivity contribution in [2.45, 2.75) is 17.5 Å². The van der Waals surface area contributed by atoms with Gasteiger partial charge >= 0.3 is 6.18 Å². The molecule has 0 saturated heterocycles. The first-order valence-corrected chi connectivity index (χ1v) is 11.3. The largest absolute Gasteiger partial charge is 0.495 e. The second kappa shape index (κ2) is 10.9. The molecule has 0 aliphatic rings. The molecule has 0 aliphatic heterocycles. The molecule has 32 heavy (non-hydrogen) atoms. The Bertz CT molecular complexity index is 1050. The molecule has 0 unspecified atom stereocenters. The van der Waals surface area contributed by atoms with Crippen LogP contribution in [0, 0.1) is 0 Å². The van der Waals surface area contributed by atoms with Crippen LogP contribution in [0.5, 0.6) is 5.75 Å². The summed E-state index contributed by atoms with van der Waals surface area (Å²) in [5.41, 5.74) is 0.229. The fourth-order valence-electron chi connectivity index (χ4n) is 2.81. The van der Waals surface area contributed by atoms with Gasteiger partial charge in [0.15, 0.2) is 0 Å². The lowest BCUT2D eigenvalue weighted by Crippen LogP contribution is -2.33. The first-order valence-electron chi connectivity index (χ1n) is 9.41. The minimum Gasteiger partial charge on any atom is -0.495 e. The zero-order valence-electron chi connectivity index (χ0n) is 17.4. The minimum absolute atomic E-state index is 0.0922. The maximum Gasteiger partial charge on any atom is 0.401 e. The van der Waals surface area contributed by atoms with Gasteiger partial charge in [0.2, 0.25) is 0 Å². The first kappa shape index (κ1) is 25.8. The van der Waals surface area contributed by atoms with Crippen molar-refractivity contribution >= 4 is 33.2 Å². The van der Waals surface area contributed by atoms with E-state index < -0.39 is 28.7 Å². The van der Waals surface area contributed by atoms with E-state index in [1.807, 2.05) is 0 Å². The van der Waals surface area contributed by atoms with E-state index in [1.54, 1.807) is 6.07 Å². The molecule has 0 aliphatic carbocycles. The molecule has 0 radical (unpaired) electrons. The van der Waals surface area contributed by atoms with Crippen molar-refractivity contribution in [1.29, 1.82) is 0 Å².